The lowest BCUT2D eigenvalue weighted by Gasteiger charge is -2.12. The molecular weight excluding hydrogens is 424 g/mol. The molecule has 0 bridgehead atoms. The molecule has 0 unspecified atom stereocenters. The molecule has 30 heavy (non-hydrogen) atoms. The van der Waals surface area contributed by atoms with Crippen LogP contribution in [0.25, 0.3) is 10.1 Å². The van der Waals surface area contributed by atoms with Crippen LogP contribution in [0.3, 0.4) is 0 Å². The maximum atomic E-state index is 12.4. The Morgan fingerprint density at radius 1 is 1.13 bits per heavy atom. The summed E-state index contributed by atoms with van der Waals surface area (Å²) in [6.45, 7) is 1.24. The molecule has 1 heterocycles. The van der Waals surface area contributed by atoms with Gasteiger partial charge in [-0.2, -0.15) is 0 Å². The minimum Gasteiger partial charge on any atom is -0.379 e. The number of benzene rings is 2. The number of rotatable bonds is 10. The first-order valence-corrected chi connectivity index (χ1v) is 11.8. The van der Waals surface area contributed by atoms with E-state index in [4.69, 9.17) is 0 Å². The standard InChI is InChI=1S/C20H24N4O4S2/c1-23(2)12-11-22-30(27,28)16-7-8-18(19(13-16)24(25)26)21-10-9-15-14-29-20-6-4-3-5-17(15)20/h3-8,13-14,21-22H,9-12H2,1-2H3. The fourth-order valence-corrected chi connectivity index (χ4v) is 5.06. The van der Waals surface area contributed by atoms with Crippen LogP contribution in [0, 0.1) is 10.1 Å². The predicted octanol–water partition coefficient (Wildman–Crippen LogP) is 3.30. The van der Waals surface area contributed by atoms with Gasteiger partial charge in [0.05, 0.1) is 9.82 Å². The van der Waals surface area contributed by atoms with Crippen molar-refractivity contribution in [1.82, 2.24) is 9.62 Å². The molecule has 0 aliphatic carbocycles. The molecule has 10 heteroatoms. The van der Waals surface area contributed by atoms with Gasteiger partial charge in [-0.05, 0) is 55.0 Å². The number of nitro groups is 1. The van der Waals surface area contributed by atoms with E-state index in [-0.39, 0.29) is 17.1 Å². The summed E-state index contributed by atoms with van der Waals surface area (Å²) in [6.07, 6.45) is 0.702. The molecular formula is C20H24N4O4S2. The number of nitrogens with zero attached hydrogens (tertiary/aromatic N) is 2. The lowest BCUT2D eigenvalue weighted by molar-refractivity contribution is -0.384. The van der Waals surface area contributed by atoms with E-state index < -0.39 is 14.9 Å². The molecule has 3 rings (SSSR count). The molecule has 0 aliphatic heterocycles. The highest BCUT2D eigenvalue weighted by Crippen LogP contribution is 2.29. The van der Waals surface area contributed by atoms with E-state index in [1.807, 2.05) is 31.1 Å². The smallest absolute Gasteiger partial charge is 0.293 e. The van der Waals surface area contributed by atoms with Crippen LogP contribution in [-0.2, 0) is 16.4 Å². The highest BCUT2D eigenvalue weighted by molar-refractivity contribution is 7.89. The summed E-state index contributed by atoms with van der Waals surface area (Å²) in [5.74, 6) is 0. The second kappa shape index (κ2) is 9.52. The second-order valence-electron chi connectivity index (χ2n) is 7.07. The second-order valence-corrected chi connectivity index (χ2v) is 9.75. The first-order chi connectivity index (χ1) is 14.3. The lowest BCUT2D eigenvalue weighted by atomic mass is 10.1. The molecule has 2 N–H and O–H groups in total. The quantitative estimate of drug-likeness (QED) is 0.364. The molecule has 2 aromatic carbocycles. The largest absolute Gasteiger partial charge is 0.379 e. The van der Waals surface area contributed by atoms with Crippen molar-refractivity contribution in [3.05, 3.63) is 63.5 Å². The van der Waals surface area contributed by atoms with Crippen LogP contribution in [0.2, 0.25) is 0 Å². The first kappa shape index (κ1) is 22.2. The van der Waals surface area contributed by atoms with Crippen LogP contribution < -0.4 is 10.0 Å². The van der Waals surface area contributed by atoms with E-state index in [1.54, 1.807) is 11.3 Å². The number of sulfonamides is 1. The van der Waals surface area contributed by atoms with Gasteiger partial charge in [0.2, 0.25) is 10.0 Å². The zero-order valence-corrected chi connectivity index (χ0v) is 18.4. The van der Waals surface area contributed by atoms with Crippen LogP contribution in [0.5, 0.6) is 0 Å². The Kier molecular flexibility index (Phi) is 7.03. The molecule has 0 atom stereocenters. The molecule has 0 saturated heterocycles. The van der Waals surface area contributed by atoms with Crippen LogP contribution in [0.1, 0.15) is 5.56 Å². The molecule has 0 saturated carbocycles. The Hall–Kier alpha value is -2.53. The summed E-state index contributed by atoms with van der Waals surface area (Å²) in [5, 5.41) is 17.9. The van der Waals surface area contributed by atoms with Crippen molar-refractivity contribution in [3.63, 3.8) is 0 Å². The Balaban J connectivity index is 1.71. The number of fused-ring (bicyclic) bond motifs is 1. The minimum absolute atomic E-state index is 0.123. The molecule has 0 spiro atoms. The maximum Gasteiger partial charge on any atom is 0.293 e. The fraction of sp³-hybridized carbons (Fsp3) is 0.300. The van der Waals surface area contributed by atoms with Crippen LogP contribution in [0.15, 0.2) is 52.7 Å². The summed E-state index contributed by atoms with van der Waals surface area (Å²) in [4.78, 5) is 12.7. The minimum atomic E-state index is -3.82. The van der Waals surface area contributed by atoms with Crippen molar-refractivity contribution >= 4 is 42.8 Å². The summed E-state index contributed by atoms with van der Waals surface area (Å²) in [6, 6.07) is 12.0. The first-order valence-electron chi connectivity index (χ1n) is 9.40. The van der Waals surface area contributed by atoms with E-state index in [2.05, 4.69) is 27.6 Å². The molecule has 8 nitrogen and oxygen atoms in total. The number of hydrogen-bond donors (Lipinski definition) is 2. The zero-order chi connectivity index (χ0) is 21.7. The van der Waals surface area contributed by atoms with Gasteiger partial charge in [-0.25, -0.2) is 13.1 Å². The number of nitrogens with one attached hydrogen (secondary N) is 2. The number of nitro benzene ring substituents is 1. The summed E-state index contributed by atoms with van der Waals surface area (Å²) in [5.41, 5.74) is 1.21. The number of anilines is 1. The normalized spacial score (nSPS) is 11.8. The Labute approximate surface area is 179 Å². The average molecular weight is 449 g/mol. The summed E-state index contributed by atoms with van der Waals surface area (Å²) in [7, 11) is -0.153. The maximum absolute atomic E-state index is 12.4. The third-order valence-electron chi connectivity index (χ3n) is 4.60. The van der Waals surface area contributed by atoms with Gasteiger partial charge in [0, 0.05) is 30.4 Å². The van der Waals surface area contributed by atoms with Crippen molar-refractivity contribution < 1.29 is 13.3 Å². The molecule has 0 radical (unpaired) electrons. The molecule has 0 fully saturated rings. The van der Waals surface area contributed by atoms with Crippen molar-refractivity contribution in [2.45, 2.75) is 11.3 Å². The number of thiophene rings is 1. The van der Waals surface area contributed by atoms with Gasteiger partial charge >= 0.3 is 0 Å². The van der Waals surface area contributed by atoms with Crippen molar-refractivity contribution in [2.75, 3.05) is 39.0 Å². The van der Waals surface area contributed by atoms with Gasteiger partial charge in [0.1, 0.15) is 5.69 Å². The third kappa shape index (κ3) is 5.33. The topological polar surface area (TPSA) is 105 Å². The summed E-state index contributed by atoms with van der Waals surface area (Å²) >= 11 is 1.67. The van der Waals surface area contributed by atoms with E-state index in [9.17, 15) is 18.5 Å². The van der Waals surface area contributed by atoms with E-state index in [0.717, 1.165) is 6.07 Å². The highest BCUT2D eigenvalue weighted by atomic mass is 32.2. The van der Waals surface area contributed by atoms with Crippen molar-refractivity contribution in [3.8, 4) is 0 Å². The van der Waals surface area contributed by atoms with Crippen molar-refractivity contribution in [2.24, 2.45) is 0 Å². The van der Waals surface area contributed by atoms with Gasteiger partial charge < -0.3 is 10.2 Å². The zero-order valence-electron chi connectivity index (χ0n) is 16.8. The molecule has 160 valence electrons. The predicted molar refractivity (Wildman–Crippen MR) is 121 cm³/mol. The Bertz CT molecular complexity index is 1140. The van der Waals surface area contributed by atoms with Crippen LogP contribution >= 0.6 is 11.3 Å². The summed E-state index contributed by atoms with van der Waals surface area (Å²) < 4.78 is 28.5. The Morgan fingerprint density at radius 3 is 2.63 bits per heavy atom. The van der Waals surface area contributed by atoms with Gasteiger partial charge in [0.15, 0.2) is 0 Å². The van der Waals surface area contributed by atoms with Gasteiger partial charge in [-0.3, -0.25) is 10.1 Å². The fourth-order valence-electron chi connectivity index (χ4n) is 3.02. The van der Waals surface area contributed by atoms with Crippen LogP contribution in [0.4, 0.5) is 11.4 Å². The Morgan fingerprint density at radius 2 is 1.90 bits per heavy atom. The molecule has 0 aliphatic rings. The SMILES string of the molecule is CN(C)CCNS(=O)(=O)c1ccc(NCCc2csc3ccccc23)c([N+](=O)[O-])c1. The number of hydrogen-bond acceptors (Lipinski definition) is 7. The third-order valence-corrected chi connectivity index (χ3v) is 7.07. The lowest BCUT2D eigenvalue weighted by Crippen LogP contribution is -2.31. The van der Waals surface area contributed by atoms with Crippen LogP contribution in [-0.4, -0.2) is 52.0 Å². The highest BCUT2D eigenvalue weighted by Gasteiger charge is 2.21. The monoisotopic (exact) mass is 448 g/mol. The molecule has 1 aromatic heterocycles. The molecule has 0 amide bonds. The molecule has 3 aromatic rings. The van der Waals surface area contributed by atoms with Gasteiger partial charge in [-0.15, -0.1) is 11.3 Å². The van der Waals surface area contributed by atoms with E-state index in [0.29, 0.717) is 25.2 Å². The van der Waals surface area contributed by atoms with Gasteiger partial charge in [-0.1, -0.05) is 18.2 Å². The number of likely N-dealkylation sites (N-methyl/N-ethyl adjacent to an activating group) is 1. The van der Waals surface area contributed by atoms with E-state index in [1.165, 1.54) is 27.8 Å². The van der Waals surface area contributed by atoms with E-state index >= 15 is 0 Å². The average Bonchev–Trinajstić information content (AvgIpc) is 3.10. The van der Waals surface area contributed by atoms with Gasteiger partial charge in [0.25, 0.3) is 5.69 Å². The van der Waals surface area contributed by atoms with Crippen molar-refractivity contribution in [1.29, 1.82) is 0 Å².